The van der Waals surface area contributed by atoms with Gasteiger partial charge < -0.3 is 9.80 Å². The molecule has 0 saturated carbocycles. The van der Waals surface area contributed by atoms with Crippen LogP contribution in [0.1, 0.15) is 150 Å². The predicted octanol–water partition coefficient (Wildman–Crippen LogP) is 9.33. The van der Waals surface area contributed by atoms with E-state index in [0.29, 0.717) is 0 Å². The second-order valence-corrected chi connectivity index (χ2v) is 11.7. The summed E-state index contributed by atoms with van der Waals surface area (Å²) in [7, 11) is 2.44. The van der Waals surface area contributed by atoms with Crippen molar-refractivity contribution in [2.45, 2.75) is 156 Å². The fourth-order valence-corrected chi connectivity index (χ4v) is 5.83. The van der Waals surface area contributed by atoms with Crippen LogP contribution in [0.25, 0.3) is 0 Å². The Morgan fingerprint density at radius 2 is 1.15 bits per heavy atom. The summed E-state index contributed by atoms with van der Waals surface area (Å²) in [6.07, 6.45) is 27.1. The predicted molar refractivity (Wildman–Crippen MR) is 150 cm³/mol. The van der Waals surface area contributed by atoms with E-state index < -0.39 is 0 Å². The van der Waals surface area contributed by atoms with Gasteiger partial charge in [-0.3, -0.25) is 0 Å². The van der Waals surface area contributed by atoms with E-state index in [1.807, 2.05) is 0 Å². The van der Waals surface area contributed by atoms with E-state index in [4.69, 9.17) is 0 Å². The molecule has 0 aromatic rings. The fourth-order valence-electron chi connectivity index (χ4n) is 5.83. The Kier molecular flexibility index (Phi) is 19.9. The average Bonchev–Trinajstić information content (AvgIpc) is 2.83. The molecule has 2 heteroatoms. The third-order valence-electron chi connectivity index (χ3n) is 8.40. The zero-order valence-corrected chi connectivity index (χ0v) is 23.9. The van der Waals surface area contributed by atoms with Gasteiger partial charge in [-0.1, -0.05) is 118 Å². The van der Waals surface area contributed by atoms with E-state index in [1.165, 1.54) is 148 Å². The quantitative estimate of drug-likeness (QED) is 0.147. The number of hydrogen-bond acceptors (Lipinski definition) is 2. The molecule has 2 nitrogen and oxygen atoms in total. The largest absolute Gasteiger partial charge is 0.303 e. The van der Waals surface area contributed by atoms with Gasteiger partial charge >= 0.3 is 0 Å². The van der Waals surface area contributed by atoms with Crippen molar-refractivity contribution in [3.05, 3.63) is 0 Å². The third-order valence-corrected chi connectivity index (χ3v) is 8.40. The van der Waals surface area contributed by atoms with E-state index in [9.17, 15) is 0 Å². The van der Waals surface area contributed by atoms with Gasteiger partial charge in [0.25, 0.3) is 0 Å². The van der Waals surface area contributed by atoms with Crippen molar-refractivity contribution < 1.29 is 0 Å². The monoisotopic (exact) mass is 465 g/mol. The van der Waals surface area contributed by atoms with Gasteiger partial charge in [0.15, 0.2) is 0 Å². The molecule has 0 bridgehead atoms. The van der Waals surface area contributed by atoms with E-state index in [1.54, 1.807) is 0 Å². The van der Waals surface area contributed by atoms with E-state index in [2.05, 4.69) is 44.5 Å². The lowest BCUT2D eigenvalue weighted by Gasteiger charge is -2.38. The van der Waals surface area contributed by atoms with Gasteiger partial charge in [-0.25, -0.2) is 0 Å². The van der Waals surface area contributed by atoms with Crippen molar-refractivity contribution in [3.8, 4) is 0 Å². The molecule has 198 valence electrons. The van der Waals surface area contributed by atoms with Crippen molar-refractivity contribution in [1.29, 1.82) is 0 Å². The van der Waals surface area contributed by atoms with Gasteiger partial charge in [0, 0.05) is 12.6 Å². The molecule has 1 rings (SSSR count). The smallest absolute Gasteiger partial charge is 0.0117 e. The first-order chi connectivity index (χ1) is 16.1. The number of hydrogen-bond donors (Lipinski definition) is 0. The lowest BCUT2D eigenvalue weighted by Crippen LogP contribution is -2.45. The van der Waals surface area contributed by atoms with Crippen molar-refractivity contribution in [1.82, 2.24) is 9.80 Å². The molecule has 33 heavy (non-hydrogen) atoms. The van der Waals surface area contributed by atoms with E-state index in [0.717, 1.165) is 17.9 Å². The van der Waals surface area contributed by atoms with Crippen LogP contribution in [0.4, 0.5) is 0 Å². The van der Waals surface area contributed by atoms with Crippen LogP contribution >= 0.6 is 0 Å². The lowest BCUT2D eigenvalue weighted by atomic mass is 9.92. The molecule has 0 aromatic heterocycles. The van der Waals surface area contributed by atoms with Crippen LogP contribution in [0.3, 0.4) is 0 Å². The highest BCUT2D eigenvalue weighted by atomic mass is 15.2. The summed E-state index contributed by atoms with van der Waals surface area (Å²) in [6, 6.07) is 0.825. The number of nitrogens with zero attached hydrogens (tertiary/aromatic N) is 2. The fraction of sp³-hybridized carbons (Fsp3) is 1.00. The normalized spacial score (nSPS) is 16.8. The SMILES string of the molecule is CCCCCCCC(C)CCN1CCC(N(C)CC(CCCCCC)CCCCCC)CC1. The van der Waals surface area contributed by atoms with Gasteiger partial charge in [-0.15, -0.1) is 0 Å². The molecule has 1 saturated heterocycles. The highest BCUT2D eigenvalue weighted by Crippen LogP contribution is 2.23. The van der Waals surface area contributed by atoms with Crippen LogP contribution in [-0.2, 0) is 0 Å². The maximum atomic E-state index is 2.77. The van der Waals surface area contributed by atoms with Crippen LogP contribution in [-0.4, -0.2) is 49.1 Å². The molecule has 0 aromatic carbocycles. The summed E-state index contributed by atoms with van der Waals surface area (Å²) in [5.41, 5.74) is 0. The van der Waals surface area contributed by atoms with Crippen molar-refractivity contribution >= 4 is 0 Å². The number of rotatable bonds is 22. The van der Waals surface area contributed by atoms with Crippen LogP contribution in [0, 0.1) is 11.8 Å². The molecule has 0 aliphatic carbocycles. The molecule has 1 unspecified atom stereocenters. The Hall–Kier alpha value is -0.0800. The maximum Gasteiger partial charge on any atom is 0.0117 e. The standard InChI is InChI=1S/C31H64N2/c1-6-9-12-15-16-19-29(4)22-25-33-26-23-31(24-27-33)32(5)28-30(20-17-13-10-7-2)21-18-14-11-8-3/h29-31H,6-28H2,1-5H3. The van der Waals surface area contributed by atoms with Gasteiger partial charge in [-0.2, -0.15) is 0 Å². The molecule has 0 radical (unpaired) electrons. The summed E-state index contributed by atoms with van der Waals surface area (Å²) in [4.78, 5) is 5.53. The summed E-state index contributed by atoms with van der Waals surface area (Å²) < 4.78 is 0. The molecular formula is C31H64N2. The molecule has 0 spiro atoms. The van der Waals surface area contributed by atoms with Gasteiger partial charge in [0.2, 0.25) is 0 Å². The Morgan fingerprint density at radius 1 is 0.667 bits per heavy atom. The Morgan fingerprint density at radius 3 is 1.70 bits per heavy atom. The third kappa shape index (κ3) is 16.3. The highest BCUT2D eigenvalue weighted by Gasteiger charge is 2.24. The zero-order valence-electron chi connectivity index (χ0n) is 23.9. The van der Waals surface area contributed by atoms with Crippen molar-refractivity contribution in [2.24, 2.45) is 11.8 Å². The second-order valence-electron chi connectivity index (χ2n) is 11.7. The molecular weight excluding hydrogens is 400 g/mol. The van der Waals surface area contributed by atoms with E-state index in [-0.39, 0.29) is 0 Å². The second kappa shape index (κ2) is 21.2. The van der Waals surface area contributed by atoms with E-state index >= 15 is 0 Å². The highest BCUT2D eigenvalue weighted by molar-refractivity contribution is 4.80. The molecule has 1 heterocycles. The maximum absolute atomic E-state index is 2.77. The Labute approximate surface area is 210 Å². The summed E-state index contributed by atoms with van der Waals surface area (Å²) in [5, 5.41) is 0. The van der Waals surface area contributed by atoms with Crippen molar-refractivity contribution in [2.75, 3.05) is 33.2 Å². The first-order valence-electron chi connectivity index (χ1n) is 15.5. The summed E-state index contributed by atoms with van der Waals surface area (Å²) in [5.74, 6) is 1.84. The van der Waals surface area contributed by atoms with Crippen LogP contribution in [0.15, 0.2) is 0 Å². The Balaban J connectivity index is 2.26. The van der Waals surface area contributed by atoms with Crippen molar-refractivity contribution in [3.63, 3.8) is 0 Å². The van der Waals surface area contributed by atoms with Gasteiger partial charge in [0.1, 0.15) is 0 Å². The zero-order chi connectivity index (χ0) is 24.2. The molecule has 1 fully saturated rings. The average molecular weight is 465 g/mol. The van der Waals surface area contributed by atoms with Gasteiger partial charge in [-0.05, 0) is 70.6 Å². The Bertz CT molecular complexity index is 390. The van der Waals surface area contributed by atoms with Crippen LogP contribution < -0.4 is 0 Å². The lowest BCUT2D eigenvalue weighted by molar-refractivity contribution is 0.108. The number of piperidine rings is 1. The molecule has 0 amide bonds. The first kappa shape index (κ1) is 31.0. The van der Waals surface area contributed by atoms with Gasteiger partial charge in [0.05, 0.1) is 0 Å². The minimum atomic E-state index is 0.825. The molecule has 1 aliphatic heterocycles. The molecule has 1 aliphatic rings. The topological polar surface area (TPSA) is 6.48 Å². The number of likely N-dealkylation sites (tertiary alicyclic amines) is 1. The summed E-state index contributed by atoms with van der Waals surface area (Å²) >= 11 is 0. The molecule has 1 atom stereocenters. The van der Waals surface area contributed by atoms with Crippen LogP contribution in [0.5, 0.6) is 0 Å². The molecule has 0 N–H and O–H groups in total. The van der Waals surface area contributed by atoms with Crippen LogP contribution in [0.2, 0.25) is 0 Å². The first-order valence-corrected chi connectivity index (χ1v) is 15.5. The minimum absolute atomic E-state index is 0.825. The summed E-state index contributed by atoms with van der Waals surface area (Å²) in [6.45, 7) is 14.8. The number of unbranched alkanes of at least 4 members (excludes halogenated alkanes) is 10. The minimum Gasteiger partial charge on any atom is -0.303 e.